The summed E-state index contributed by atoms with van der Waals surface area (Å²) >= 11 is 11.0. The number of carbonyl (C=O) groups is 1. The first-order chi connectivity index (χ1) is 8.56. The predicted molar refractivity (Wildman–Crippen MR) is 83.5 cm³/mol. The molecule has 0 radical (unpaired) electrons. The Kier molecular flexibility index (Phi) is 4.48. The minimum Gasteiger partial charge on any atom is -0.321 e. The Hall–Kier alpha value is -0.780. The minimum atomic E-state index is -0.162. The van der Waals surface area contributed by atoms with Gasteiger partial charge in [0.05, 0.1) is 5.69 Å². The normalized spacial score (nSPS) is 10.2. The highest BCUT2D eigenvalue weighted by Crippen LogP contribution is 2.26. The zero-order chi connectivity index (χ0) is 13.1. The molecule has 0 saturated carbocycles. The molecule has 1 amide bonds. The molecule has 0 unspecified atom stereocenters. The maximum absolute atomic E-state index is 12.0. The van der Waals surface area contributed by atoms with Crippen molar-refractivity contribution < 1.29 is 4.79 Å². The summed E-state index contributed by atoms with van der Waals surface area (Å²) in [4.78, 5) is 12.8. The first-order valence-electron chi connectivity index (χ1n) is 5.12. The van der Waals surface area contributed by atoms with Crippen molar-refractivity contribution in [3.05, 3.63) is 57.0 Å². The highest BCUT2D eigenvalue weighted by molar-refractivity contribution is 9.11. The van der Waals surface area contributed by atoms with Crippen LogP contribution in [0.1, 0.15) is 10.4 Å². The largest absolute Gasteiger partial charge is 0.321 e. The Bertz CT molecular complexity index is 601. The fraction of sp³-hybridized carbons (Fsp3) is 0. The molecule has 1 N–H and O–H groups in total. The van der Waals surface area contributed by atoms with Gasteiger partial charge >= 0.3 is 0 Å². The standard InChI is InChI=1S/C13H9Br2NOS/c14-9-4-5-11(15)12(7-9)16-13(17)8-2-1-3-10(18)6-8/h1-7,18H,(H,16,17). The molecular weight excluding hydrogens is 378 g/mol. The molecule has 18 heavy (non-hydrogen) atoms. The number of rotatable bonds is 2. The molecule has 0 spiro atoms. The molecule has 0 fully saturated rings. The van der Waals surface area contributed by atoms with Crippen LogP contribution in [0.2, 0.25) is 0 Å². The molecule has 2 aromatic carbocycles. The summed E-state index contributed by atoms with van der Waals surface area (Å²) in [6.45, 7) is 0. The number of thiol groups is 1. The van der Waals surface area contributed by atoms with E-state index in [2.05, 4.69) is 49.8 Å². The lowest BCUT2D eigenvalue weighted by atomic mass is 10.2. The average molecular weight is 387 g/mol. The molecule has 0 heterocycles. The van der Waals surface area contributed by atoms with Gasteiger partial charge in [0.2, 0.25) is 0 Å². The predicted octanol–water partition coefficient (Wildman–Crippen LogP) is 4.75. The van der Waals surface area contributed by atoms with Gasteiger partial charge in [0.1, 0.15) is 0 Å². The van der Waals surface area contributed by atoms with Gasteiger partial charge in [-0.25, -0.2) is 0 Å². The van der Waals surface area contributed by atoms with Crippen molar-refractivity contribution in [2.24, 2.45) is 0 Å². The van der Waals surface area contributed by atoms with Crippen molar-refractivity contribution in [2.45, 2.75) is 4.90 Å². The van der Waals surface area contributed by atoms with E-state index in [1.807, 2.05) is 24.3 Å². The van der Waals surface area contributed by atoms with Gasteiger partial charge in [-0.1, -0.05) is 22.0 Å². The molecule has 5 heteroatoms. The van der Waals surface area contributed by atoms with Crippen LogP contribution in [0.15, 0.2) is 56.3 Å². The third-order valence-electron chi connectivity index (χ3n) is 2.28. The number of halogens is 2. The zero-order valence-corrected chi connectivity index (χ0v) is 13.2. The van der Waals surface area contributed by atoms with Crippen molar-refractivity contribution in [3.8, 4) is 0 Å². The van der Waals surface area contributed by atoms with E-state index >= 15 is 0 Å². The summed E-state index contributed by atoms with van der Waals surface area (Å²) in [5.41, 5.74) is 1.30. The molecule has 0 saturated heterocycles. The van der Waals surface area contributed by atoms with Crippen molar-refractivity contribution >= 4 is 56.1 Å². The third-order valence-corrected chi connectivity index (χ3v) is 3.75. The monoisotopic (exact) mass is 385 g/mol. The Morgan fingerprint density at radius 1 is 1.11 bits per heavy atom. The van der Waals surface area contributed by atoms with Gasteiger partial charge in [-0.15, -0.1) is 12.6 Å². The van der Waals surface area contributed by atoms with Gasteiger partial charge in [-0.2, -0.15) is 0 Å². The Morgan fingerprint density at radius 2 is 1.89 bits per heavy atom. The van der Waals surface area contributed by atoms with Crippen molar-refractivity contribution in [3.63, 3.8) is 0 Å². The number of hydrogen-bond donors (Lipinski definition) is 2. The number of benzene rings is 2. The van der Waals surface area contributed by atoms with E-state index in [0.29, 0.717) is 5.56 Å². The zero-order valence-electron chi connectivity index (χ0n) is 9.15. The molecule has 2 rings (SSSR count). The lowest BCUT2D eigenvalue weighted by Gasteiger charge is -2.08. The summed E-state index contributed by atoms with van der Waals surface area (Å²) in [7, 11) is 0. The lowest BCUT2D eigenvalue weighted by molar-refractivity contribution is 0.102. The van der Waals surface area contributed by atoms with Gasteiger partial charge in [-0.05, 0) is 52.3 Å². The smallest absolute Gasteiger partial charge is 0.255 e. The van der Waals surface area contributed by atoms with Crippen molar-refractivity contribution in [1.82, 2.24) is 0 Å². The second-order valence-electron chi connectivity index (χ2n) is 3.63. The van der Waals surface area contributed by atoms with E-state index in [1.165, 1.54) is 0 Å². The first-order valence-corrected chi connectivity index (χ1v) is 7.15. The van der Waals surface area contributed by atoms with Crippen LogP contribution in [0, 0.1) is 0 Å². The summed E-state index contributed by atoms with van der Waals surface area (Å²) < 4.78 is 1.74. The molecule has 0 aliphatic carbocycles. The van der Waals surface area contributed by atoms with Crippen LogP contribution in [0.5, 0.6) is 0 Å². The maximum atomic E-state index is 12.0. The number of nitrogens with one attached hydrogen (secondary N) is 1. The number of hydrogen-bond acceptors (Lipinski definition) is 2. The van der Waals surface area contributed by atoms with E-state index < -0.39 is 0 Å². The highest BCUT2D eigenvalue weighted by atomic mass is 79.9. The van der Waals surface area contributed by atoms with Crippen LogP contribution in [-0.4, -0.2) is 5.91 Å². The lowest BCUT2D eigenvalue weighted by Crippen LogP contribution is -2.12. The molecule has 2 nitrogen and oxygen atoms in total. The van der Waals surface area contributed by atoms with E-state index in [1.54, 1.807) is 18.2 Å². The number of carbonyl (C=O) groups excluding carboxylic acids is 1. The van der Waals surface area contributed by atoms with Gasteiger partial charge in [0.25, 0.3) is 5.91 Å². The van der Waals surface area contributed by atoms with Gasteiger partial charge < -0.3 is 5.32 Å². The molecule has 0 aliphatic heterocycles. The van der Waals surface area contributed by atoms with Crippen LogP contribution in [-0.2, 0) is 0 Å². The SMILES string of the molecule is O=C(Nc1cc(Br)ccc1Br)c1cccc(S)c1. The molecule has 92 valence electrons. The summed E-state index contributed by atoms with van der Waals surface area (Å²) in [5, 5.41) is 2.84. The number of anilines is 1. The summed E-state index contributed by atoms with van der Waals surface area (Å²) in [6, 6.07) is 12.7. The Labute approximate surface area is 127 Å². The van der Waals surface area contributed by atoms with Gasteiger partial charge in [-0.3, -0.25) is 4.79 Å². The molecular formula is C13H9Br2NOS. The Morgan fingerprint density at radius 3 is 2.61 bits per heavy atom. The third kappa shape index (κ3) is 3.37. The fourth-order valence-electron chi connectivity index (χ4n) is 1.43. The van der Waals surface area contributed by atoms with E-state index in [0.717, 1.165) is 19.5 Å². The van der Waals surface area contributed by atoms with Crippen LogP contribution < -0.4 is 5.32 Å². The molecule has 0 bridgehead atoms. The second kappa shape index (κ2) is 5.91. The fourth-order valence-corrected chi connectivity index (χ4v) is 2.37. The van der Waals surface area contributed by atoms with E-state index in [4.69, 9.17) is 0 Å². The Balaban J connectivity index is 2.24. The second-order valence-corrected chi connectivity index (χ2v) is 5.92. The quantitative estimate of drug-likeness (QED) is 0.716. The van der Waals surface area contributed by atoms with Crippen LogP contribution >= 0.6 is 44.5 Å². The minimum absolute atomic E-state index is 0.162. The van der Waals surface area contributed by atoms with Crippen molar-refractivity contribution in [2.75, 3.05) is 5.32 Å². The maximum Gasteiger partial charge on any atom is 0.255 e. The van der Waals surface area contributed by atoms with Crippen molar-refractivity contribution in [1.29, 1.82) is 0 Å². The van der Waals surface area contributed by atoms with Crippen LogP contribution in [0.25, 0.3) is 0 Å². The summed E-state index contributed by atoms with van der Waals surface area (Å²) in [6.07, 6.45) is 0. The van der Waals surface area contributed by atoms with Gasteiger partial charge in [0, 0.05) is 19.4 Å². The van der Waals surface area contributed by atoms with Gasteiger partial charge in [0.15, 0.2) is 0 Å². The molecule has 0 aromatic heterocycles. The first kappa shape index (κ1) is 13.6. The van der Waals surface area contributed by atoms with E-state index in [-0.39, 0.29) is 5.91 Å². The molecule has 2 aromatic rings. The highest BCUT2D eigenvalue weighted by Gasteiger charge is 2.08. The average Bonchev–Trinajstić information content (AvgIpc) is 2.34. The van der Waals surface area contributed by atoms with Crippen LogP contribution in [0.4, 0.5) is 5.69 Å². The van der Waals surface area contributed by atoms with E-state index in [9.17, 15) is 4.79 Å². The van der Waals surface area contributed by atoms with Crippen LogP contribution in [0.3, 0.4) is 0 Å². The topological polar surface area (TPSA) is 29.1 Å². The summed E-state index contributed by atoms with van der Waals surface area (Å²) in [5.74, 6) is -0.162. The molecule has 0 aliphatic rings. The molecule has 0 atom stereocenters. The number of amides is 1.